The second kappa shape index (κ2) is 7.85. The highest BCUT2D eigenvalue weighted by Gasteiger charge is 2.10. The number of hydrogen-bond donors (Lipinski definition) is 3. The Morgan fingerprint density at radius 2 is 1.75 bits per heavy atom. The van der Waals surface area contributed by atoms with E-state index in [0.717, 1.165) is 0 Å². The number of carbonyl (C=O) groups excluding carboxylic acids is 1. The second-order valence-corrected chi connectivity index (χ2v) is 2.74. The smallest absolute Gasteiger partial charge is 0.499 e. The summed E-state index contributed by atoms with van der Waals surface area (Å²) in [5, 5.41) is 8.69. The molecular formula is C9H10AlO6. The number of carboxylic acid groups (broad SMARTS) is 1. The Kier molecular flexibility index (Phi) is 7.17. The predicted molar refractivity (Wildman–Crippen MR) is 54.9 cm³/mol. The van der Waals surface area contributed by atoms with Crippen molar-refractivity contribution in [2.45, 2.75) is 6.92 Å². The van der Waals surface area contributed by atoms with Gasteiger partial charge >= 0.3 is 27.8 Å². The summed E-state index contributed by atoms with van der Waals surface area (Å²) in [5.41, 5.74) is -0.0160. The first-order valence-electron chi connectivity index (χ1n) is 4.13. The molecule has 1 radical (unpaired) electrons. The van der Waals surface area contributed by atoms with Crippen molar-refractivity contribution in [3.8, 4) is 5.75 Å². The summed E-state index contributed by atoms with van der Waals surface area (Å²) in [5.74, 6) is -1.58. The SMILES string of the molecule is CC(=O)Oc1ccccc1C(=O)O.[OH][Al][OH]. The highest BCUT2D eigenvalue weighted by atomic mass is 27.2. The molecule has 85 valence electrons. The fourth-order valence-electron chi connectivity index (χ4n) is 0.887. The molecule has 0 unspecified atom stereocenters. The van der Waals surface area contributed by atoms with Crippen LogP contribution in [-0.4, -0.2) is 41.2 Å². The molecule has 0 aliphatic heterocycles. The van der Waals surface area contributed by atoms with Gasteiger partial charge in [0.1, 0.15) is 11.3 Å². The molecule has 6 nitrogen and oxygen atoms in total. The molecule has 0 spiro atoms. The van der Waals surface area contributed by atoms with Gasteiger partial charge in [0.05, 0.1) is 0 Å². The van der Waals surface area contributed by atoms with Crippen LogP contribution in [0.1, 0.15) is 17.3 Å². The van der Waals surface area contributed by atoms with E-state index in [1.54, 1.807) is 12.1 Å². The molecule has 1 aromatic rings. The van der Waals surface area contributed by atoms with Crippen LogP contribution in [-0.2, 0) is 4.79 Å². The molecule has 0 aromatic heterocycles. The molecule has 7 heteroatoms. The van der Waals surface area contributed by atoms with Gasteiger partial charge < -0.3 is 18.2 Å². The summed E-state index contributed by atoms with van der Waals surface area (Å²) in [7, 11) is 0. The van der Waals surface area contributed by atoms with Crippen LogP contribution in [0.2, 0.25) is 0 Å². The number of ether oxygens (including phenoxy) is 1. The lowest BCUT2D eigenvalue weighted by Gasteiger charge is -2.03. The van der Waals surface area contributed by atoms with E-state index >= 15 is 0 Å². The quantitative estimate of drug-likeness (QED) is 0.377. The zero-order chi connectivity index (χ0) is 12.6. The molecule has 0 saturated carbocycles. The van der Waals surface area contributed by atoms with Crippen LogP contribution in [0.15, 0.2) is 24.3 Å². The lowest BCUT2D eigenvalue weighted by Crippen LogP contribution is -2.06. The van der Waals surface area contributed by atoms with Crippen molar-refractivity contribution in [3.63, 3.8) is 0 Å². The third kappa shape index (κ3) is 5.48. The van der Waals surface area contributed by atoms with Crippen molar-refractivity contribution in [2.75, 3.05) is 0 Å². The molecule has 16 heavy (non-hydrogen) atoms. The van der Waals surface area contributed by atoms with Gasteiger partial charge in [-0.1, -0.05) is 12.1 Å². The monoisotopic (exact) mass is 241 g/mol. The summed E-state index contributed by atoms with van der Waals surface area (Å²) in [6, 6.07) is 5.98. The van der Waals surface area contributed by atoms with Crippen LogP contribution < -0.4 is 4.74 Å². The fourth-order valence-corrected chi connectivity index (χ4v) is 0.887. The van der Waals surface area contributed by atoms with Crippen LogP contribution in [0.4, 0.5) is 0 Å². The van der Waals surface area contributed by atoms with Crippen molar-refractivity contribution in [1.29, 1.82) is 0 Å². The summed E-state index contributed by atoms with van der Waals surface area (Å²) in [6.07, 6.45) is 0. The molecule has 0 atom stereocenters. The van der Waals surface area contributed by atoms with Crippen molar-refractivity contribution < 1.29 is 27.7 Å². The minimum absolute atomic E-state index is 0.0160. The first-order chi connectivity index (χ1) is 7.52. The summed E-state index contributed by atoms with van der Waals surface area (Å²) in [6.45, 7) is 1.22. The normalized spacial score (nSPS) is 8.44. The van der Waals surface area contributed by atoms with Gasteiger partial charge in [-0.05, 0) is 12.1 Å². The molecule has 0 aliphatic carbocycles. The molecule has 1 rings (SSSR count). The zero-order valence-corrected chi connectivity index (χ0v) is 9.61. The van der Waals surface area contributed by atoms with Crippen molar-refractivity contribution in [3.05, 3.63) is 29.8 Å². The van der Waals surface area contributed by atoms with E-state index in [4.69, 9.17) is 13.4 Å². The Hall–Kier alpha value is -1.39. The molecule has 0 fully saturated rings. The maximum atomic E-state index is 10.6. The first-order valence-corrected chi connectivity index (χ1v) is 5.17. The van der Waals surface area contributed by atoms with Gasteiger partial charge in [0.15, 0.2) is 0 Å². The lowest BCUT2D eigenvalue weighted by atomic mass is 10.2. The molecule has 1 aromatic carbocycles. The third-order valence-electron chi connectivity index (χ3n) is 1.37. The van der Waals surface area contributed by atoms with Gasteiger partial charge in [-0.2, -0.15) is 0 Å². The molecule has 0 heterocycles. The minimum Gasteiger partial charge on any atom is -0.499 e. The van der Waals surface area contributed by atoms with Crippen molar-refractivity contribution in [2.24, 2.45) is 0 Å². The van der Waals surface area contributed by atoms with Gasteiger partial charge in [-0.3, -0.25) is 4.79 Å². The number of para-hydroxylation sites is 1. The molecule has 3 N–H and O–H groups in total. The standard InChI is InChI=1S/C9H8O4.Al.2H2O/c1-6(10)13-8-5-3-2-4-7(8)9(11)12;;;/h2-5H,1H3,(H,11,12);;2*1H2/q;+2;;/p-2. The third-order valence-corrected chi connectivity index (χ3v) is 1.37. The Balaban J connectivity index is 0.000000673. The van der Waals surface area contributed by atoms with E-state index in [9.17, 15) is 9.59 Å². The van der Waals surface area contributed by atoms with E-state index in [0.29, 0.717) is 0 Å². The van der Waals surface area contributed by atoms with E-state index in [1.807, 2.05) is 0 Å². The van der Waals surface area contributed by atoms with Gasteiger partial charge in [0.2, 0.25) is 0 Å². The van der Waals surface area contributed by atoms with E-state index in [-0.39, 0.29) is 11.3 Å². The lowest BCUT2D eigenvalue weighted by molar-refractivity contribution is -0.131. The Bertz CT molecular complexity index is 365. The van der Waals surface area contributed by atoms with Crippen molar-refractivity contribution >= 4 is 27.8 Å². The van der Waals surface area contributed by atoms with Crippen LogP contribution in [0.25, 0.3) is 0 Å². The van der Waals surface area contributed by atoms with E-state index < -0.39 is 27.8 Å². The average Bonchev–Trinajstić information content (AvgIpc) is 2.18. The van der Waals surface area contributed by atoms with Gasteiger partial charge in [-0.25, -0.2) is 4.79 Å². The average molecular weight is 241 g/mol. The summed E-state index contributed by atoms with van der Waals surface area (Å²) in [4.78, 5) is 21.2. The zero-order valence-electron chi connectivity index (χ0n) is 8.45. The Morgan fingerprint density at radius 3 is 2.19 bits per heavy atom. The molecule has 0 bridgehead atoms. The molecular weight excluding hydrogens is 231 g/mol. The number of rotatable bonds is 2. The number of benzene rings is 1. The Morgan fingerprint density at radius 1 is 1.25 bits per heavy atom. The number of aromatic carboxylic acids is 1. The van der Waals surface area contributed by atoms with Gasteiger partial charge in [-0.15, -0.1) is 0 Å². The maximum absolute atomic E-state index is 10.6. The number of carboxylic acids is 1. The first kappa shape index (κ1) is 14.6. The molecule has 0 saturated heterocycles. The number of esters is 1. The van der Waals surface area contributed by atoms with Crippen LogP contribution in [0, 0.1) is 0 Å². The minimum atomic E-state index is -1.25. The van der Waals surface area contributed by atoms with Crippen molar-refractivity contribution in [1.82, 2.24) is 0 Å². The Labute approximate surface area is 98.5 Å². The predicted octanol–water partition coefficient (Wildman–Crippen LogP) is -0.185. The van der Waals surface area contributed by atoms with E-state index in [2.05, 4.69) is 4.74 Å². The maximum Gasteiger partial charge on any atom is 0.662 e. The van der Waals surface area contributed by atoms with Gasteiger partial charge in [0, 0.05) is 6.92 Å². The second-order valence-electron chi connectivity index (χ2n) is 2.51. The van der Waals surface area contributed by atoms with Crippen LogP contribution >= 0.6 is 0 Å². The topological polar surface area (TPSA) is 104 Å². The molecule has 0 amide bonds. The number of carbonyl (C=O) groups is 2. The number of hydrogen-bond acceptors (Lipinski definition) is 5. The highest BCUT2D eigenvalue weighted by Crippen LogP contribution is 2.17. The summed E-state index contributed by atoms with van der Waals surface area (Å²) < 4.78 is 19.1. The fraction of sp³-hybridized carbons (Fsp3) is 0.111. The molecule has 0 aliphatic rings. The van der Waals surface area contributed by atoms with Crippen LogP contribution in [0.5, 0.6) is 5.75 Å². The highest BCUT2D eigenvalue weighted by molar-refractivity contribution is 6.13. The van der Waals surface area contributed by atoms with Crippen LogP contribution in [0.3, 0.4) is 0 Å². The largest absolute Gasteiger partial charge is 0.662 e. The van der Waals surface area contributed by atoms with Gasteiger partial charge in [0.25, 0.3) is 0 Å². The van der Waals surface area contributed by atoms with E-state index in [1.165, 1.54) is 19.1 Å². The summed E-state index contributed by atoms with van der Waals surface area (Å²) >= 11 is -1.25.